The topological polar surface area (TPSA) is 49.4 Å². The summed E-state index contributed by atoms with van der Waals surface area (Å²) in [4.78, 5) is 24.8. The normalized spacial score (nSPS) is 19.9. The van der Waals surface area contributed by atoms with Gasteiger partial charge in [-0.1, -0.05) is 26.0 Å². The number of nitrogens with zero attached hydrogens (tertiary/aromatic N) is 1. The molecule has 1 aliphatic heterocycles. The summed E-state index contributed by atoms with van der Waals surface area (Å²) in [5.74, 6) is -1.23. The van der Waals surface area contributed by atoms with Crippen molar-refractivity contribution in [2.75, 3.05) is 11.4 Å². The highest BCUT2D eigenvalue weighted by Crippen LogP contribution is 2.37. The van der Waals surface area contributed by atoms with Crippen molar-refractivity contribution in [1.82, 2.24) is 5.32 Å². The molecule has 0 radical (unpaired) electrons. The molecule has 1 heterocycles. The number of urea groups is 1. The van der Waals surface area contributed by atoms with Crippen LogP contribution in [0.5, 0.6) is 0 Å². The molecule has 1 fully saturated rings. The molecule has 0 spiro atoms. The van der Waals surface area contributed by atoms with Crippen LogP contribution in [-0.2, 0) is 11.0 Å². The molecular formula is C14H15F3N2O2. The minimum atomic E-state index is -4.64. The molecular weight excluding hydrogens is 285 g/mol. The Kier molecular flexibility index (Phi) is 3.93. The largest absolute Gasteiger partial charge is 0.418 e. The van der Waals surface area contributed by atoms with Crippen molar-refractivity contribution >= 4 is 17.6 Å². The Morgan fingerprint density at radius 2 is 1.86 bits per heavy atom. The van der Waals surface area contributed by atoms with Crippen molar-refractivity contribution in [3.05, 3.63) is 29.8 Å². The summed E-state index contributed by atoms with van der Waals surface area (Å²) in [7, 11) is 0. The van der Waals surface area contributed by atoms with E-state index in [-0.39, 0.29) is 12.5 Å². The fourth-order valence-electron chi connectivity index (χ4n) is 2.29. The first-order valence-electron chi connectivity index (χ1n) is 6.51. The molecule has 0 aromatic heterocycles. The number of alkyl halides is 3. The maximum atomic E-state index is 13.0. The lowest BCUT2D eigenvalue weighted by atomic mass is 9.92. The highest BCUT2D eigenvalue weighted by Gasteiger charge is 2.42. The van der Waals surface area contributed by atoms with E-state index >= 15 is 0 Å². The Morgan fingerprint density at radius 3 is 2.43 bits per heavy atom. The van der Waals surface area contributed by atoms with Crippen LogP contribution in [0.15, 0.2) is 24.3 Å². The van der Waals surface area contributed by atoms with Gasteiger partial charge in [-0.3, -0.25) is 4.79 Å². The summed E-state index contributed by atoms with van der Waals surface area (Å²) in [6.07, 6.45) is -4.64. The van der Waals surface area contributed by atoms with E-state index in [0.29, 0.717) is 4.90 Å². The van der Waals surface area contributed by atoms with Crippen LogP contribution in [0, 0.1) is 11.8 Å². The van der Waals surface area contributed by atoms with E-state index in [1.807, 2.05) is 0 Å². The van der Waals surface area contributed by atoms with E-state index in [4.69, 9.17) is 0 Å². The van der Waals surface area contributed by atoms with Crippen molar-refractivity contribution in [1.29, 1.82) is 0 Å². The third-order valence-corrected chi connectivity index (χ3v) is 3.47. The molecule has 0 aliphatic carbocycles. The summed E-state index contributed by atoms with van der Waals surface area (Å²) in [5.41, 5.74) is -1.43. The molecule has 1 unspecified atom stereocenters. The summed E-state index contributed by atoms with van der Waals surface area (Å²) in [6.45, 7) is 3.71. The summed E-state index contributed by atoms with van der Waals surface area (Å²) in [5, 5.41) is 2.47. The van der Waals surface area contributed by atoms with Gasteiger partial charge < -0.3 is 5.32 Å². The van der Waals surface area contributed by atoms with E-state index in [0.717, 1.165) is 12.1 Å². The smallest absolute Gasteiger partial charge is 0.337 e. The second-order valence-electron chi connectivity index (χ2n) is 5.23. The SMILES string of the molecule is CC(C)C1CNC(=O)N(c2ccccc2C(F)(F)F)C1=O. The molecule has 1 saturated heterocycles. The van der Waals surface area contributed by atoms with Crippen LogP contribution in [-0.4, -0.2) is 18.5 Å². The number of para-hydroxylation sites is 1. The third kappa shape index (κ3) is 2.86. The molecule has 4 nitrogen and oxygen atoms in total. The molecule has 7 heteroatoms. The first kappa shape index (κ1) is 15.3. The number of imide groups is 1. The van der Waals surface area contributed by atoms with E-state index in [1.165, 1.54) is 12.1 Å². The van der Waals surface area contributed by atoms with Gasteiger partial charge in [0, 0.05) is 6.54 Å². The standard InChI is InChI=1S/C14H15F3N2O2/c1-8(2)9-7-18-13(21)19(12(9)20)11-6-4-3-5-10(11)14(15,16)17/h3-6,8-9H,7H2,1-2H3,(H,18,21). The van der Waals surface area contributed by atoms with Gasteiger partial charge in [0.05, 0.1) is 17.2 Å². The Morgan fingerprint density at radius 1 is 1.24 bits per heavy atom. The number of benzene rings is 1. The number of hydrogen-bond acceptors (Lipinski definition) is 2. The average Bonchev–Trinajstić information content (AvgIpc) is 2.37. The van der Waals surface area contributed by atoms with Gasteiger partial charge in [-0.2, -0.15) is 13.2 Å². The molecule has 3 amide bonds. The number of rotatable bonds is 2. The number of carbonyl (C=O) groups excluding carboxylic acids is 2. The summed E-state index contributed by atoms with van der Waals surface area (Å²) in [6, 6.07) is 3.74. The van der Waals surface area contributed by atoms with Crippen molar-refractivity contribution in [2.24, 2.45) is 11.8 Å². The van der Waals surface area contributed by atoms with Crippen molar-refractivity contribution in [2.45, 2.75) is 20.0 Å². The molecule has 1 N–H and O–H groups in total. The Labute approximate surface area is 119 Å². The third-order valence-electron chi connectivity index (χ3n) is 3.47. The lowest BCUT2D eigenvalue weighted by Crippen LogP contribution is -2.56. The van der Waals surface area contributed by atoms with Gasteiger partial charge in [0.15, 0.2) is 0 Å². The second-order valence-corrected chi connectivity index (χ2v) is 5.23. The van der Waals surface area contributed by atoms with Gasteiger partial charge >= 0.3 is 12.2 Å². The van der Waals surface area contributed by atoms with Crippen LogP contribution in [0.25, 0.3) is 0 Å². The van der Waals surface area contributed by atoms with E-state index in [9.17, 15) is 22.8 Å². The van der Waals surface area contributed by atoms with Gasteiger partial charge in [0.25, 0.3) is 0 Å². The minimum Gasteiger partial charge on any atom is -0.337 e. The van der Waals surface area contributed by atoms with Gasteiger partial charge in [-0.15, -0.1) is 0 Å². The van der Waals surface area contributed by atoms with E-state index in [2.05, 4.69) is 5.32 Å². The molecule has 1 aromatic rings. The van der Waals surface area contributed by atoms with Gasteiger partial charge in [0.1, 0.15) is 0 Å². The minimum absolute atomic E-state index is 0.0846. The number of anilines is 1. The average molecular weight is 300 g/mol. The first-order valence-corrected chi connectivity index (χ1v) is 6.51. The number of halogens is 3. The predicted molar refractivity (Wildman–Crippen MR) is 70.7 cm³/mol. The lowest BCUT2D eigenvalue weighted by Gasteiger charge is -2.34. The van der Waals surface area contributed by atoms with Crippen LogP contribution in [0.3, 0.4) is 0 Å². The molecule has 1 atom stereocenters. The fraction of sp³-hybridized carbons (Fsp3) is 0.429. The Hall–Kier alpha value is -2.05. The summed E-state index contributed by atoms with van der Waals surface area (Å²) >= 11 is 0. The fourth-order valence-corrected chi connectivity index (χ4v) is 2.29. The molecule has 21 heavy (non-hydrogen) atoms. The summed E-state index contributed by atoms with van der Waals surface area (Å²) < 4.78 is 39.1. The van der Waals surface area contributed by atoms with Crippen molar-refractivity contribution < 1.29 is 22.8 Å². The van der Waals surface area contributed by atoms with E-state index in [1.54, 1.807) is 13.8 Å². The van der Waals surface area contributed by atoms with Crippen LogP contribution < -0.4 is 10.2 Å². The van der Waals surface area contributed by atoms with Crippen LogP contribution in [0.2, 0.25) is 0 Å². The number of nitrogens with one attached hydrogen (secondary N) is 1. The van der Waals surface area contributed by atoms with Gasteiger partial charge in [-0.05, 0) is 18.1 Å². The van der Waals surface area contributed by atoms with Crippen LogP contribution >= 0.6 is 0 Å². The molecule has 0 saturated carbocycles. The number of carbonyl (C=O) groups is 2. The zero-order chi connectivity index (χ0) is 15.8. The monoisotopic (exact) mass is 300 g/mol. The highest BCUT2D eigenvalue weighted by atomic mass is 19.4. The first-order chi connectivity index (χ1) is 9.73. The quantitative estimate of drug-likeness (QED) is 0.912. The zero-order valence-electron chi connectivity index (χ0n) is 11.6. The Bertz CT molecular complexity index is 570. The zero-order valence-corrected chi connectivity index (χ0v) is 11.6. The van der Waals surface area contributed by atoms with Crippen LogP contribution in [0.4, 0.5) is 23.7 Å². The molecule has 1 aromatic carbocycles. The Balaban J connectivity index is 2.49. The highest BCUT2D eigenvalue weighted by molar-refractivity contribution is 6.17. The number of hydrogen-bond donors (Lipinski definition) is 1. The molecule has 2 rings (SSSR count). The predicted octanol–water partition coefficient (Wildman–Crippen LogP) is 3.03. The van der Waals surface area contributed by atoms with Crippen molar-refractivity contribution in [3.63, 3.8) is 0 Å². The molecule has 1 aliphatic rings. The maximum Gasteiger partial charge on any atom is 0.418 e. The maximum absolute atomic E-state index is 13.0. The van der Waals surface area contributed by atoms with Gasteiger partial charge in [-0.25, -0.2) is 9.69 Å². The lowest BCUT2D eigenvalue weighted by molar-refractivity contribution is -0.137. The van der Waals surface area contributed by atoms with E-state index < -0.39 is 35.3 Å². The van der Waals surface area contributed by atoms with Crippen LogP contribution in [0.1, 0.15) is 19.4 Å². The molecule has 114 valence electrons. The second kappa shape index (κ2) is 5.38. The van der Waals surface area contributed by atoms with Gasteiger partial charge in [0.2, 0.25) is 5.91 Å². The molecule has 0 bridgehead atoms. The number of amides is 3. The van der Waals surface area contributed by atoms with Crippen molar-refractivity contribution in [3.8, 4) is 0 Å².